The summed E-state index contributed by atoms with van der Waals surface area (Å²) in [5.74, 6) is 1.14. The molecule has 0 aliphatic rings. The topological polar surface area (TPSA) is 20.2 Å². The van der Waals surface area contributed by atoms with Crippen molar-refractivity contribution >= 4 is 58.2 Å². The first kappa shape index (κ1) is 15.6. The van der Waals surface area contributed by atoms with Gasteiger partial charge in [0.2, 0.25) is 0 Å². The van der Waals surface area contributed by atoms with Gasteiger partial charge in [-0.2, -0.15) is 0 Å². The first-order chi connectivity index (χ1) is 7.90. The first-order valence-electron chi connectivity index (χ1n) is 5.07. The summed E-state index contributed by atoms with van der Waals surface area (Å²) in [6.07, 6.45) is 1.07. The van der Waals surface area contributed by atoms with Crippen molar-refractivity contribution in [3.05, 3.63) is 20.1 Å². The lowest BCUT2D eigenvalue weighted by Crippen LogP contribution is -1.96. The van der Waals surface area contributed by atoms with E-state index in [-0.39, 0.29) is 25.8 Å². The van der Waals surface area contributed by atoms with Gasteiger partial charge in [0, 0.05) is 10.6 Å². The van der Waals surface area contributed by atoms with E-state index in [1.54, 1.807) is 0 Å². The third kappa shape index (κ3) is 3.51. The highest BCUT2D eigenvalue weighted by Crippen LogP contribution is 2.49. The van der Waals surface area contributed by atoms with Gasteiger partial charge in [-0.25, -0.2) is 0 Å². The molecule has 0 bridgehead atoms. The zero-order valence-corrected chi connectivity index (χ0v) is 13.2. The largest absolute Gasteiger partial charge is 0.505 e. The van der Waals surface area contributed by atoms with Crippen LogP contribution in [0.5, 0.6) is 5.75 Å². The van der Waals surface area contributed by atoms with Gasteiger partial charge < -0.3 is 5.11 Å². The van der Waals surface area contributed by atoms with Crippen LogP contribution in [0.4, 0.5) is 0 Å². The molecule has 0 heterocycles. The Hall–Kier alpha value is 0.530. The molecule has 1 unspecified atom stereocenters. The van der Waals surface area contributed by atoms with Gasteiger partial charge >= 0.3 is 0 Å². The number of hydrogen-bond acceptors (Lipinski definition) is 2. The van der Waals surface area contributed by atoms with Gasteiger partial charge in [0.15, 0.2) is 5.75 Å². The Kier molecular flexibility index (Phi) is 6.07. The Morgan fingerprint density at radius 1 is 1.06 bits per heavy atom. The van der Waals surface area contributed by atoms with Crippen molar-refractivity contribution < 1.29 is 5.11 Å². The molecule has 1 nitrogen and oxygen atoms in total. The summed E-state index contributed by atoms with van der Waals surface area (Å²) in [4.78, 5) is 0.626. The lowest BCUT2D eigenvalue weighted by Gasteiger charge is -2.13. The average Bonchev–Trinajstić information content (AvgIpc) is 2.33. The Labute approximate surface area is 125 Å². The van der Waals surface area contributed by atoms with Crippen molar-refractivity contribution in [1.29, 1.82) is 0 Å². The van der Waals surface area contributed by atoms with Gasteiger partial charge in [0.05, 0.1) is 10.0 Å². The van der Waals surface area contributed by atoms with E-state index >= 15 is 0 Å². The fourth-order valence-electron chi connectivity index (χ4n) is 1.07. The van der Waals surface area contributed by atoms with Crippen LogP contribution in [0.25, 0.3) is 0 Å². The molecule has 0 radical (unpaired) electrons. The number of phenolic OH excluding ortho intramolecular Hbond substituents is 1. The van der Waals surface area contributed by atoms with Crippen LogP contribution in [0.1, 0.15) is 20.3 Å². The standard InChI is InChI=1S/C11H12Cl4OS/c1-3-5(2)4-17-11-8(14)6(12)10(16)7(13)9(11)15/h5,16H,3-4H2,1-2H3. The molecule has 0 amide bonds. The van der Waals surface area contributed by atoms with E-state index in [0.717, 1.165) is 12.2 Å². The van der Waals surface area contributed by atoms with Gasteiger partial charge in [-0.05, 0) is 5.92 Å². The second kappa shape index (κ2) is 6.63. The third-order valence-electron chi connectivity index (χ3n) is 2.41. The number of phenols is 1. The summed E-state index contributed by atoms with van der Waals surface area (Å²) < 4.78 is 0. The van der Waals surface area contributed by atoms with Gasteiger partial charge in [0.25, 0.3) is 0 Å². The summed E-state index contributed by atoms with van der Waals surface area (Å²) in [6, 6.07) is 0. The van der Waals surface area contributed by atoms with Crippen LogP contribution in [0.15, 0.2) is 4.90 Å². The first-order valence-corrected chi connectivity index (χ1v) is 7.57. The van der Waals surface area contributed by atoms with E-state index in [9.17, 15) is 5.11 Å². The quantitative estimate of drug-likeness (QED) is 0.527. The smallest absolute Gasteiger partial charge is 0.155 e. The van der Waals surface area contributed by atoms with Gasteiger partial charge in [0.1, 0.15) is 10.0 Å². The number of rotatable bonds is 4. The summed E-state index contributed by atoms with van der Waals surface area (Å²) in [7, 11) is 0. The molecule has 17 heavy (non-hydrogen) atoms. The zero-order valence-electron chi connectivity index (χ0n) is 9.36. The highest BCUT2D eigenvalue weighted by Gasteiger charge is 2.20. The van der Waals surface area contributed by atoms with E-state index in [1.165, 1.54) is 11.8 Å². The van der Waals surface area contributed by atoms with E-state index in [2.05, 4.69) is 13.8 Å². The van der Waals surface area contributed by atoms with Crippen LogP contribution in [0, 0.1) is 5.92 Å². The summed E-state index contributed by atoms with van der Waals surface area (Å²) in [5, 5.41) is 10.2. The average molecular weight is 334 g/mol. The molecular weight excluding hydrogens is 322 g/mol. The Morgan fingerprint density at radius 3 is 1.94 bits per heavy atom. The molecule has 1 N–H and O–H groups in total. The van der Waals surface area contributed by atoms with Crippen molar-refractivity contribution in [2.24, 2.45) is 5.92 Å². The zero-order chi connectivity index (χ0) is 13.2. The maximum absolute atomic E-state index is 9.57. The van der Waals surface area contributed by atoms with E-state index in [4.69, 9.17) is 46.4 Å². The van der Waals surface area contributed by atoms with Gasteiger partial charge in [-0.1, -0.05) is 66.7 Å². The van der Waals surface area contributed by atoms with Crippen LogP contribution in [-0.4, -0.2) is 10.9 Å². The van der Waals surface area contributed by atoms with Crippen LogP contribution >= 0.6 is 58.2 Å². The van der Waals surface area contributed by atoms with Crippen molar-refractivity contribution in [3.63, 3.8) is 0 Å². The molecule has 0 saturated carbocycles. The Balaban J connectivity index is 3.07. The van der Waals surface area contributed by atoms with Gasteiger partial charge in [-0.15, -0.1) is 11.8 Å². The number of hydrogen-bond donors (Lipinski definition) is 1. The molecule has 0 spiro atoms. The molecule has 6 heteroatoms. The lowest BCUT2D eigenvalue weighted by molar-refractivity contribution is 0.475. The second-order valence-electron chi connectivity index (χ2n) is 3.76. The minimum absolute atomic E-state index is 0.0488. The molecule has 96 valence electrons. The second-order valence-corrected chi connectivity index (χ2v) is 6.30. The summed E-state index contributed by atoms with van der Waals surface area (Å²) in [6.45, 7) is 4.25. The van der Waals surface area contributed by atoms with E-state index in [0.29, 0.717) is 10.8 Å². The normalized spacial score (nSPS) is 12.8. The summed E-state index contributed by atoms with van der Waals surface area (Å²) >= 11 is 25.3. The van der Waals surface area contributed by atoms with Crippen molar-refractivity contribution in [2.45, 2.75) is 25.2 Å². The maximum Gasteiger partial charge on any atom is 0.155 e. The Bertz CT molecular complexity index is 393. The number of halogens is 4. The predicted octanol–water partition coefficient (Wildman–Crippen LogP) is 6.14. The van der Waals surface area contributed by atoms with Crippen LogP contribution in [0.3, 0.4) is 0 Å². The predicted molar refractivity (Wildman–Crippen MR) is 78.3 cm³/mol. The molecule has 1 atom stereocenters. The van der Waals surface area contributed by atoms with Crippen LogP contribution in [-0.2, 0) is 0 Å². The fraction of sp³-hybridized carbons (Fsp3) is 0.455. The monoisotopic (exact) mass is 332 g/mol. The fourth-order valence-corrected chi connectivity index (χ4v) is 3.50. The third-order valence-corrected chi connectivity index (χ3v) is 5.75. The number of benzene rings is 1. The number of aromatic hydroxyl groups is 1. The molecule has 1 rings (SSSR count). The number of thioether (sulfide) groups is 1. The molecular formula is C11H12Cl4OS. The molecule has 0 aliphatic heterocycles. The van der Waals surface area contributed by atoms with Crippen molar-refractivity contribution in [1.82, 2.24) is 0 Å². The van der Waals surface area contributed by atoms with Gasteiger partial charge in [-0.3, -0.25) is 0 Å². The molecule has 0 aromatic heterocycles. The molecule has 1 aromatic rings. The van der Waals surface area contributed by atoms with E-state index < -0.39 is 0 Å². The molecule has 0 fully saturated rings. The summed E-state index contributed by atoms with van der Waals surface area (Å²) in [5.41, 5.74) is 0. The van der Waals surface area contributed by atoms with Crippen LogP contribution in [0.2, 0.25) is 20.1 Å². The molecule has 0 saturated heterocycles. The highest BCUT2D eigenvalue weighted by molar-refractivity contribution is 7.99. The van der Waals surface area contributed by atoms with E-state index in [1.807, 2.05) is 0 Å². The molecule has 1 aromatic carbocycles. The minimum atomic E-state index is -0.267. The SMILES string of the molecule is CCC(C)CSc1c(Cl)c(Cl)c(O)c(Cl)c1Cl. The Morgan fingerprint density at radius 2 is 1.53 bits per heavy atom. The van der Waals surface area contributed by atoms with Crippen LogP contribution < -0.4 is 0 Å². The highest BCUT2D eigenvalue weighted by atomic mass is 35.5. The minimum Gasteiger partial charge on any atom is -0.505 e. The molecule has 0 aliphatic carbocycles. The van der Waals surface area contributed by atoms with Crippen molar-refractivity contribution in [3.8, 4) is 5.75 Å². The lowest BCUT2D eigenvalue weighted by atomic mass is 10.2. The van der Waals surface area contributed by atoms with Crippen molar-refractivity contribution in [2.75, 3.05) is 5.75 Å². The maximum atomic E-state index is 9.57.